The van der Waals surface area contributed by atoms with E-state index in [1.807, 2.05) is 0 Å². The van der Waals surface area contributed by atoms with E-state index in [-0.39, 0.29) is 0 Å². The Morgan fingerprint density at radius 1 is 0.800 bits per heavy atom. The molecule has 1 unspecified atom stereocenters. The van der Waals surface area contributed by atoms with E-state index in [0.29, 0.717) is 5.92 Å². The number of benzene rings is 3. The average Bonchev–Trinajstić information content (AvgIpc) is 3.25. The molecule has 0 spiro atoms. The molecular weight excluding hydrogens is 366 g/mol. The van der Waals surface area contributed by atoms with E-state index in [1.54, 1.807) is 0 Å². The standard InChI is InChI=1S/C27H27N3/c28-19-21-16-17-25-26(18-21)30(20-29-25)27(22-10-4-1-5-11-22,23-12-6-2-7-13-23)24-14-8-3-9-15-24/h1-15,20-21H,16-19,28H2. The summed E-state index contributed by atoms with van der Waals surface area (Å²) in [5.41, 5.74) is 11.8. The van der Waals surface area contributed by atoms with Gasteiger partial charge in [-0.15, -0.1) is 0 Å². The molecule has 0 saturated heterocycles. The summed E-state index contributed by atoms with van der Waals surface area (Å²) in [5, 5.41) is 0. The van der Waals surface area contributed by atoms with Gasteiger partial charge < -0.3 is 10.3 Å². The third-order valence-electron chi connectivity index (χ3n) is 6.49. The molecule has 1 aliphatic rings. The minimum absolute atomic E-state index is 0.485. The quantitative estimate of drug-likeness (QED) is 0.496. The van der Waals surface area contributed by atoms with Crippen molar-refractivity contribution in [2.75, 3.05) is 6.54 Å². The fourth-order valence-electron chi connectivity index (χ4n) is 5.00. The molecule has 30 heavy (non-hydrogen) atoms. The van der Waals surface area contributed by atoms with Crippen LogP contribution in [0.25, 0.3) is 0 Å². The second kappa shape index (κ2) is 7.92. The zero-order valence-corrected chi connectivity index (χ0v) is 17.1. The van der Waals surface area contributed by atoms with Crippen LogP contribution >= 0.6 is 0 Å². The summed E-state index contributed by atoms with van der Waals surface area (Å²) >= 11 is 0. The van der Waals surface area contributed by atoms with Crippen LogP contribution in [0.1, 0.15) is 34.5 Å². The zero-order chi connectivity index (χ0) is 20.4. The molecule has 3 aromatic carbocycles. The maximum absolute atomic E-state index is 6.09. The Kier molecular flexibility index (Phi) is 4.97. The third-order valence-corrected chi connectivity index (χ3v) is 6.49. The number of rotatable bonds is 5. The Bertz CT molecular complexity index is 1000. The molecule has 0 radical (unpaired) electrons. The number of fused-ring (bicyclic) bond motifs is 1. The molecule has 0 amide bonds. The SMILES string of the molecule is NCC1CCc2ncn(C(c3ccccc3)(c3ccccc3)c3ccccc3)c2C1. The first-order chi connectivity index (χ1) is 14.8. The highest BCUT2D eigenvalue weighted by Crippen LogP contribution is 2.43. The number of hydrogen-bond acceptors (Lipinski definition) is 2. The van der Waals surface area contributed by atoms with Crippen LogP contribution < -0.4 is 5.73 Å². The topological polar surface area (TPSA) is 43.8 Å². The highest BCUT2D eigenvalue weighted by Gasteiger charge is 2.41. The molecule has 1 heterocycles. The van der Waals surface area contributed by atoms with Crippen molar-refractivity contribution in [1.82, 2.24) is 9.55 Å². The largest absolute Gasteiger partial charge is 0.330 e. The second-order valence-corrected chi connectivity index (χ2v) is 8.16. The number of nitrogens with two attached hydrogens (primary N) is 1. The minimum atomic E-state index is -0.485. The Labute approximate surface area is 178 Å². The van der Waals surface area contributed by atoms with Crippen molar-refractivity contribution in [3.8, 4) is 0 Å². The summed E-state index contributed by atoms with van der Waals surface area (Å²) < 4.78 is 2.42. The van der Waals surface area contributed by atoms with Crippen molar-refractivity contribution in [3.05, 3.63) is 125 Å². The fourth-order valence-corrected chi connectivity index (χ4v) is 5.00. The van der Waals surface area contributed by atoms with Gasteiger partial charge in [-0.2, -0.15) is 0 Å². The fraction of sp³-hybridized carbons (Fsp3) is 0.222. The van der Waals surface area contributed by atoms with Crippen LogP contribution in [0, 0.1) is 5.92 Å². The molecule has 4 aromatic rings. The van der Waals surface area contributed by atoms with Crippen LogP contribution in [-0.2, 0) is 18.4 Å². The van der Waals surface area contributed by atoms with Crippen molar-refractivity contribution in [1.29, 1.82) is 0 Å². The first-order valence-corrected chi connectivity index (χ1v) is 10.8. The summed E-state index contributed by atoms with van der Waals surface area (Å²) in [6, 6.07) is 32.4. The van der Waals surface area contributed by atoms with Crippen LogP contribution in [-0.4, -0.2) is 16.1 Å². The van der Waals surface area contributed by atoms with Crippen molar-refractivity contribution in [2.24, 2.45) is 11.7 Å². The Hall–Kier alpha value is -3.17. The van der Waals surface area contributed by atoms with E-state index >= 15 is 0 Å². The van der Waals surface area contributed by atoms with E-state index in [9.17, 15) is 0 Å². The molecular formula is C27H27N3. The number of aryl methyl sites for hydroxylation is 1. The molecule has 5 rings (SSSR count). The molecule has 0 bridgehead atoms. The second-order valence-electron chi connectivity index (χ2n) is 8.16. The van der Waals surface area contributed by atoms with Crippen LogP contribution in [0.5, 0.6) is 0 Å². The third kappa shape index (κ3) is 2.98. The van der Waals surface area contributed by atoms with Crippen LogP contribution in [0.2, 0.25) is 0 Å². The van der Waals surface area contributed by atoms with Gasteiger partial charge in [-0.25, -0.2) is 4.98 Å². The minimum Gasteiger partial charge on any atom is -0.330 e. The van der Waals surface area contributed by atoms with Crippen LogP contribution in [0.15, 0.2) is 97.3 Å². The van der Waals surface area contributed by atoms with Gasteiger partial charge in [-0.3, -0.25) is 0 Å². The summed E-state index contributed by atoms with van der Waals surface area (Å²) in [4.78, 5) is 4.89. The lowest BCUT2D eigenvalue weighted by Crippen LogP contribution is -2.39. The molecule has 2 N–H and O–H groups in total. The number of aromatic nitrogens is 2. The molecule has 0 saturated carbocycles. The molecule has 150 valence electrons. The summed E-state index contributed by atoms with van der Waals surface area (Å²) in [5.74, 6) is 0.507. The smallest absolute Gasteiger partial charge is 0.121 e. The van der Waals surface area contributed by atoms with E-state index < -0.39 is 5.54 Å². The van der Waals surface area contributed by atoms with Crippen molar-refractivity contribution in [2.45, 2.75) is 24.8 Å². The Morgan fingerprint density at radius 2 is 1.30 bits per heavy atom. The number of hydrogen-bond donors (Lipinski definition) is 1. The molecule has 0 fully saturated rings. The van der Waals surface area contributed by atoms with E-state index in [4.69, 9.17) is 10.7 Å². The van der Waals surface area contributed by atoms with Crippen molar-refractivity contribution >= 4 is 0 Å². The molecule has 3 heteroatoms. The highest BCUT2D eigenvalue weighted by molar-refractivity contribution is 5.51. The van der Waals surface area contributed by atoms with Crippen LogP contribution in [0.4, 0.5) is 0 Å². The van der Waals surface area contributed by atoms with E-state index in [1.165, 1.54) is 28.1 Å². The average molecular weight is 394 g/mol. The Balaban J connectivity index is 1.86. The van der Waals surface area contributed by atoms with Crippen molar-refractivity contribution in [3.63, 3.8) is 0 Å². The molecule has 0 aliphatic heterocycles. The van der Waals surface area contributed by atoms with Crippen LogP contribution in [0.3, 0.4) is 0 Å². The van der Waals surface area contributed by atoms with Crippen molar-refractivity contribution < 1.29 is 0 Å². The Morgan fingerprint density at radius 3 is 1.77 bits per heavy atom. The first kappa shape index (κ1) is 18.8. The molecule has 3 nitrogen and oxygen atoms in total. The van der Waals surface area contributed by atoms with Gasteiger partial charge in [0.25, 0.3) is 0 Å². The van der Waals surface area contributed by atoms with Gasteiger partial charge in [0, 0.05) is 5.69 Å². The van der Waals surface area contributed by atoms with Gasteiger partial charge in [0.1, 0.15) is 5.54 Å². The van der Waals surface area contributed by atoms with Gasteiger partial charge >= 0.3 is 0 Å². The van der Waals surface area contributed by atoms with Gasteiger partial charge in [-0.05, 0) is 48.4 Å². The van der Waals surface area contributed by atoms with E-state index in [2.05, 4.69) is 102 Å². The summed E-state index contributed by atoms with van der Waals surface area (Å²) in [7, 11) is 0. The lowest BCUT2D eigenvalue weighted by Gasteiger charge is -2.39. The van der Waals surface area contributed by atoms with Gasteiger partial charge in [0.05, 0.1) is 12.0 Å². The molecule has 1 aromatic heterocycles. The number of imidazole rings is 1. The molecule has 1 atom stereocenters. The van der Waals surface area contributed by atoms with Gasteiger partial charge in [0.2, 0.25) is 0 Å². The lowest BCUT2D eigenvalue weighted by molar-refractivity contribution is 0.422. The monoisotopic (exact) mass is 393 g/mol. The summed E-state index contributed by atoms with van der Waals surface area (Å²) in [6.45, 7) is 0.722. The maximum atomic E-state index is 6.09. The lowest BCUT2D eigenvalue weighted by atomic mass is 9.76. The maximum Gasteiger partial charge on any atom is 0.121 e. The van der Waals surface area contributed by atoms with E-state index in [0.717, 1.165) is 25.8 Å². The normalized spacial score (nSPS) is 16.2. The first-order valence-electron chi connectivity index (χ1n) is 10.8. The van der Waals surface area contributed by atoms with Gasteiger partial charge in [-0.1, -0.05) is 91.0 Å². The zero-order valence-electron chi connectivity index (χ0n) is 17.1. The van der Waals surface area contributed by atoms with Gasteiger partial charge in [0.15, 0.2) is 0 Å². The molecule has 1 aliphatic carbocycles. The highest BCUT2D eigenvalue weighted by atomic mass is 15.1. The predicted molar refractivity (Wildman–Crippen MR) is 121 cm³/mol. The predicted octanol–water partition coefficient (Wildman–Crippen LogP) is 4.79. The summed E-state index contributed by atoms with van der Waals surface area (Å²) in [6.07, 6.45) is 5.14. The number of nitrogens with zero attached hydrogens (tertiary/aromatic N) is 2.